The molecular weight excluding hydrogens is 336 g/mol. The van der Waals surface area contributed by atoms with E-state index in [0.29, 0.717) is 11.4 Å². The minimum absolute atomic E-state index is 0.118. The minimum atomic E-state index is -4.60. The number of halogens is 4. The van der Waals surface area contributed by atoms with E-state index < -0.39 is 17.7 Å². The zero-order valence-corrected chi connectivity index (χ0v) is 13.5. The van der Waals surface area contributed by atoms with Crippen LogP contribution in [0.4, 0.5) is 29.1 Å². The summed E-state index contributed by atoms with van der Waals surface area (Å²) in [5.41, 5.74) is -0.492. The van der Waals surface area contributed by atoms with E-state index >= 15 is 0 Å². The number of alkyl halides is 3. The molecule has 25 heavy (non-hydrogen) atoms. The summed E-state index contributed by atoms with van der Waals surface area (Å²) in [5.74, 6) is 0.0481. The Morgan fingerprint density at radius 3 is 2.32 bits per heavy atom. The molecule has 2 heterocycles. The van der Waals surface area contributed by atoms with Crippen molar-refractivity contribution < 1.29 is 17.6 Å². The van der Waals surface area contributed by atoms with Gasteiger partial charge in [-0.15, -0.1) is 10.2 Å². The molecule has 1 aliphatic rings. The molecule has 0 atom stereocenters. The predicted molar refractivity (Wildman–Crippen MR) is 86.8 cm³/mol. The fourth-order valence-electron chi connectivity index (χ4n) is 2.80. The second-order valence-corrected chi connectivity index (χ2v) is 5.99. The van der Waals surface area contributed by atoms with Crippen molar-refractivity contribution in [1.82, 2.24) is 10.2 Å². The molecule has 3 rings (SSSR count). The highest BCUT2D eigenvalue weighted by molar-refractivity contribution is 5.57. The van der Waals surface area contributed by atoms with Gasteiger partial charge in [-0.25, -0.2) is 4.39 Å². The number of piperidine rings is 1. The van der Waals surface area contributed by atoms with Gasteiger partial charge in [-0.3, -0.25) is 0 Å². The van der Waals surface area contributed by atoms with Crippen LogP contribution in [0.25, 0.3) is 0 Å². The molecule has 0 saturated carbocycles. The van der Waals surface area contributed by atoms with Crippen molar-refractivity contribution in [2.75, 3.05) is 23.3 Å². The summed E-state index contributed by atoms with van der Waals surface area (Å²) in [6.07, 6.45) is -1.51. The number of aromatic nitrogens is 2. The fraction of sp³-hybridized carbons (Fsp3) is 0.412. The number of anilines is 2. The average molecular weight is 354 g/mol. The van der Waals surface area contributed by atoms with Gasteiger partial charge in [0.1, 0.15) is 5.82 Å². The smallest absolute Gasteiger partial charge is 0.379 e. The van der Waals surface area contributed by atoms with Gasteiger partial charge in [0.2, 0.25) is 0 Å². The third kappa shape index (κ3) is 4.37. The third-order valence-corrected chi connectivity index (χ3v) is 4.13. The Balaban J connectivity index is 1.83. The lowest BCUT2D eigenvalue weighted by Gasteiger charge is -2.28. The molecule has 134 valence electrons. The maximum Gasteiger partial charge on any atom is 0.437 e. The highest BCUT2D eigenvalue weighted by atomic mass is 19.4. The quantitative estimate of drug-likeness (QED) is 0.834. The van der Waals surface area contributed by atoms with Crippen LogP contribution in [0.2, 0.25) is 0 Å². The van der Waals surface area contributed by atoms with Gasteiger partial charge in [0.25, 0.3) is 0 Å². The maximum atomic E-state index is 13.2. The van der Waals surface area contributed by atoms with E-state index in [1.165, 1.54) is 30.3 Å². The molecule has 1 aromatic heterocycles. The van der Waals surface area contributed by atoms with Crippen molar-refractivity contribution in [3.05, 3.63) is 47.4 Å². The van der Waals surface area contributed by atoms with E-state index in [1.54, 1.807) is 0 Å². The van der Waals surface area contributed by atoms with Crippen LogP contribution in [-0.4, -0.2) is 23.3 Å². The van der Waals surface area contributed by atoms with Gasteiger partial charge in [-0.2, -0.15) is 13.2 Å². The number of rotatable bonds is 4. The average Bonchev–Trinajstić information content (AvgIpc) is 2.61. The normalized spacial score (nSPS) is 15.3. The van der Waals surface area contributed by atoms with E-state index in [2.05, 4.69) is 15.5 Å². The van der Waals surface area contributed by atoms with Gasteiger partial charge in [0, 0.05) is 25.7 Å². The predicted octanol–water partition coefficient (Wildman–Crippen LogP) is 4.24. The van der Waals surface area contributed by atoms with Crippen LogP contribution in [0.5, 0.6) is 0 Å². The number of nitrogens with zero attached hydrogens (tertiary/aromatic N) is 3. The van der Waals surface area contributed by atoms with Crippen molar-refractivity contribution in [3.8, 4) is 0 Å². The summed E-state index contributed by atoms with van der Waals surface area (Å²) in [6.45, 7) is 1.66. The molecule has 0 aliphatic carbocycles. The Kier molecular flexibility index (Phi) is 5.06. The molecule has 2 aromatic rings. The number of benzene rings is 1. The van der Waals surface area contributed by atoms with Gasteiger partial charge >= 0.3 is 6.18 Å². The van der Waals surface area contributed by atoms with Gasteiger partial charge in [0.15, 0.2) is 11.5 Å². The summed E-state index contributed by atoms with van der Waals surface area (Å²) in [7, 11) is 0. The second-order valence-electron chi connectivity index (χ2n) is 5.99. The van der Waals surface area contributed by atoms with Crippen molar-refractivity contribution in [3.63, 3.8) is 0 Å². The van der Waals surface area contributed by atoms with E-state index in [9.17, 15) is 17.6 Å². The van der Waals surface area contributed by atoms with E-state index in [1.807, 2.05) is 4.90 Å². The molecule has 0 spiro atoms. The Hall–Kier alpha value is -2.38. The van der Waals surface area contributed by atoms with Gasteiger partial charge in [-0.05, 0) is 37.0 Å². The Morgan fingerprint density at radius 2 is 1.68 bits per heavy atom. The van der Waals surface area contributed by atoms with Crippen LogP contribution in [0, 0.1) is 5.82 Å². The second kappa shape index (κ2) is 7.25. The Labute approximate surface area is 142 Å². The maximum absolute atomic E-state index is 13.2. The first kappa shape index (κ1) is 17.4. The van der Waals surface area contributed by atoms with E-state index in [4.69, 9.17) is 0 Å². The molecule has 4 nitrogen and oxygen atoms in total. The molecule has 0 unspecified atom stereocenters. The Morgan fingerprint density at radius 1 is 1.00 bits per heavy atom. The number of hydrogen-bond acceptors (Lipinski definition) is 4. The lowest BCUT2D eigenvalue weighted by atomic mass is 10.1. The highest BCUT2D eigenvalue weighted by Crippen LogP contribution is 2.34. The summed E-state index contributed by atoms with van der Waals surface area (Å²) in [5, 5.41) is 9.94. The van der Waals surface area contributed by atoms with Crippen LogP contribution in [0.15, 0.2) is 30.3 Å². The monoisotopic (exact) mass is 354 g/mol. The Bertz CT molecular complexity index is 710. The standard InChI is InChI=1S/C17H18F4N4/c18-13-6-4-12(5-7-13)11-22-14-10-15(25-8-2-1-3-9-25)23-24-16(14)17(19,20)21/h4-7,10H,1-3,8-9,11H2,(H,22,23). The SMILES string of the molecule is Fc1ccc(CNc2cc(N3CCCCC3)nnc2C(F)(F)F)cc1. The number of hydrogen-bond donors (Lipinski definition) is 1. The molecule has 1 fully saturated rings. The van der Waals surface area contributed by atoms with Crippen LogP contribution in [-0.2, 0) is 12.7 Å². The van der Waals surface area contributed by atoms with Crippen LogP contribution >= 0.6 is 0 Å². The summed E-state index contributed by atoms with van der Waals surface area (Å²) in [4.78, 5) is 1.94. The molecule has 0 amide bonds. The molecule has 8 heteroatoms. The van der Waals surface area contributed by atoms with Crippen molar-refractivity contribution >= 4 is 11.5 Å². The van der Waals surface area contributed by atoms with Gasteiger partial charge in [-0.1, -0.05) is 12.1 Å². The first-order chi connectivity index (χ1) is 11.9. The molecule has 1 N–H and O–H groups in total. The van der Waals surface area contributed by atoms with Crippen molar-refractivity contribution in [2.24, 2.45) is 0 Å². The third-order valence-electron chi connectivity index (χ3n) is 4.13. The summed E-state index contributed by atoms with van der Waals surface area (Å²) >= 11 is 0. The molecular formula is C17H18F4N4. The topological polar surface area (TPSA) is 41.0 Å². The fourth-order valence-corrected chi connectivity index (χ4v) is 2.80. The largest absolute Gasteiger partial charge is 0.437 e. The lowest BCUT2D eigenvalue weighted by Crippen LogP contribution is -2.31. The van der Waals surface area contributed by atoms with Gasteiger partial charge < -0.3 is 10.2 Å². The minimum Gasteiger partial charge on any atom is -0.379 e. The van der Waals surface area contributed by atoms with Crippen LogP contribution in [0.1, 0.15) is 30.5 Å². The van der Waals surface area contributed by atoms with Crippen molar-refractivity contribution in [1.29, 1.82) is 0 Å². The molecule has 1 aromatic carbocycles. The molecule has 1 aliphatic heterocycles. The number of nitrogens with one attached hydrogen (secondary N) is 1. The zero-order chi connectivity index (χ0) is 17.9. The first-order valence-electron chi connectivity index (χ1n) is 8.12. The zero-order valence-electron chi connectivity index (χ0n) is 13.5. The van der Waals surface area contributed by atoms with Crippen LogP contribution in [0.3, 0.4) is 0 Å². The first-order valence-corrected chi connectivity index (χ1v) is 8.12. The van der Waals surface area contributed by atoms with Crippen LogP contribution < -0.4 is 10.2 Å². The highest BCUT2D eigenvalue weighted by Gasteiger charge is 2.36. The molecule has 0 radical (unpaired) electrons. The molecule has 0 bridgehead atoms. The summed E-state index contributed by atoms with van der Waals surface area (Å²) in [6, 6.07) is 6.98. The molecule has 1 saturated heterocycles. The lowest BCUT2D eigenvalue weighted by molar-refractivity contribution is -0.141. The van der Waals surface area contributed by atoms with Crippen molar-refractivity contribution in [2.45, 2.75) is 32.0 Å². The van der Waals surface area contributed by atoms with E-state index in [-0.39, 0.29) is 12.2 Å². The van der Waals surface area contributed by atoms with E-state index in [0.717, 1.165) is 32.4 Å². The summed E-state index contributed by atoms with van der Waals surface area (Å²) < 4.78 is 52.5. The van der Waals surface area contributed by atoms with Gasteiger partial charge in [0.05, 0.1) is 5.69 Å².